The number of rotatable bonds is 6. The maximum Gasteiger partial charge on any atom is 0.277 e. The summed E-state index contributed by atoms with van der Waals surface area (Å²) in [6, 6.07) is 25.2. The van der Waals surface area contributed by atoms with Crippen LogP contribution in [0.2, 0.25) is 0 Å². The highest BCUT2D eigenvalue weighted by molar-refractivity contribution is 8.00. The van der Waals surface area contributed by atoms with Crippen molar-refractivity contribution in [2.45, 2.75) is 24.3 Å². The lowest BCUT2D eigenvalue weighted by Crippen LogP contribution is -2.19. The van der Waals surface area contributed by atoms with E-state index in [1.54, 1.807) is 0 Å². The zero-order valence-corrected chi connectivity index (χ0v) is 17.5. The van der Waals surface area contributed by atoms with Crippen molar-refractivity contribution >= 4 is 23.4 Å². The van der Waals surface area contributed by atoms with E-state index in [0.717, 1.165) is 27.9 Å². The largest absolute Gasteiger partial charge is 0.411 e. The molecule has 0 saturated heterocycles. The summed E-state index contributed by atoms with van der Waals surface area (Å²) in [7, 11) is 0. The molecule has 0 unspecified atom stereocenters. The fraction of sp³-hybridized carbons (Fsp3) is 0.125. The molecular formula is C24H21N3O2S. The van der Waals surface area contributed by atoms with Crippen LogP contribution in [-0.2, 0) is 4.79 Å². The van der Waals surface area contributed by atoms with Gasteiger partial charge in [0.1, 0.15) is 5.25 Å². The fourth-order valence-electron chi connectivity index (χ4n) is 3.03. The smallest absolute Gasteiger partial charge is 0.277 e. The molecule has 30 heavy (non-hydrogen) atoms. The summed E-state index contributed by atoms with van der Waals surface area (Å²) in [5.74, 6) is 0.291. The fourth-order valence-corrected chi connectivity index (χ4v) is 3.90. The molecule has 1 aromatic heterocycles. The number of anilines is 1. The normalized spacial score (nSPS) is 11.8. The summed E-state index contributed by atoms with van der Waals surface area (Å²) >= 11 is 1.24. The average Bonchev–Trinajstić information content (AvgIpc) is 3.24. The van der Waals surface area contributed by atoms with Crippen LogP contribution in [0.3, 0.4) is 0 Å². The highest BCUT2D eigenvalue weighted by atomic mass is 32.2. The van der Waals surface area contributed by atoms with E-state index in [1.165, 1.54) is 11.8 Å². The van der Waals surface area contributed by atoms with Crippen LogP contribution in [0.5, 0.6) is 0 Å². The van der Waals surface area contributed by atoms with Crippen LogP contribution in [-0.4, -0.2) is 16.1 Å². The second kappa shape index (κ2) is 8.97. The molecule has 0 aliphatic rings. The zero-order chi connectivity index (χ0) is 20.9. The van der Waals surface area contributed by atoms with Crippen LogP contribution in [0.4, 0.5) is 5.69 Å². The van der Waals surface area contributed by atoms with Gasteiger partial charge in [0.05, 0.1) is 0 Å². The summed E-state index contributed by atoms with van der Waals surface area (Å²) in [4.78, 5) is 13.2. The molecule has 0 bridgehead atoms. The standard InChI is InChI=1S/C24H21N3O2S/c1-16-13-14-17(2)20(15-16)25-22(28)21(18-9-5-3-6-10-18)30-24-27-26-23(29-24)19-11-7-4-8-12-19/h3-15,21H,1-2H3,(H,25,28)/t21-/m0/s1. The molecule has 0 radical (unpaired) electrons. The number of carbonyl (C=O) groups excluding carboxylic acids is 1. The summed E-state index contributed by atoms with van der Waals surface area (Å²) in [5.41, 5.74) is 4.61. The molecule has 3 aromatic carbocycles. The number of aryl methyl sites for hydroxylation is 2. The van der Waals surface area contributed by atoms with Gasteiger partial charge < -0.3 is 9.73 Å². The molecule has 6 heteroatoms. The molecule has 150 valence electrons. The van der Waals surface area contributed by atoms with Gasteiger partial charge in [0.25, 0.3) is 5.22 Å². The number of benzene rings is 3. The molecule has 1 N–H and O–H groups in total. The van der Waals surface area contributed by atoms with Crippen molar-refractivity contribution in [1.29, 1.82) is 0 Å². The predicted molar refractivity (Wildman–Crippen MR) is 119 cm³/mol. The van der Waals surface area contributed by atoms with Crippen LogP contribution in [0.15, 0.2) is 88.5 Å². The minimum atomic E-state index is -0.532. The van der Waals surface area contributed by atoms with Crippen LogP contribution in [0, 0.1) is 13.8 Å². The number of aromatic nitrogens is 2. The summed E-state index contributed by atoms with van der Waals surface area (Å²) in [6.07, 6.45) is 0. The minimum absolute atomic E-state index is 0.139. The molecule has 0 spiro atoms. The van der Waals surface area contributed by atoms with Gasteiger partial charge in [-0.1, -0.05) is 60.7 Å². The third-order valence-electron chi connectivity index (χ3n) is 4.64. The molecule has 0 aliphatic heterocycles. The Hall–Kier alpha value is -3.38. The Labute approximate surface area is 179 Å². The van der Waals surface area contributed by atoms with Gasteiger partial charge in [0, 0.05) is 11.3 Å². The summed E-state index contributed by atoms with van der Waals surface area (Å²) in [5, 5.41) is 11.2. The molecule has 1 amide bonds. The van der Waals surface area contributed by atoms with Crippen molar-refractivity contribution in [3.8, 4) is 11.5 Å². The van der Waals surface area contributed by atoms with Gasteiger partial charge in [0.15, 0.2) is 0 Å². The molecule has 4 aromatic rings. The Bertz CT molecular complexity index is 1140. The highest BCUT2D eigenvalue weighted by Gasteiger charge is 2.25. The Morgan fingerprint density at radius 2 is 1.63 bits per heavy atom. The molecule has 0 aliphatic carbocycles. The van der Waals surface area contributed by atoms with E-state index in [2.05, 4.69) is 15.5 Å². The third kappa shape index (κ3) is 4.60. The van der Waals surface area contributed by atoms with Crippen molar-refractivity contribution in [3.05, 3.63) is 95.6 Å². The monoisotopic (exact) mass is 415 g/mol. The molecule has 1 atom stereocenters. The molecule has 1 heterocycles. The summed E-state index contributed by atoms with van der Waals surface area (Å²) in [6.45, 7) is 3.98. The SMILES string of the molecule is Cc1ccc(C)c(NC(=O)[C@@H](Sc2nnc(-c3ccccc3)o2)c2ccccc2)c1. The van der Waals surface area contributed by atoms with E-state index < -0.39 is 5.25 Å². The van der Waals surface area contributed by atoms with Gasteiger partial charge >= 0.3 is 0 Å². The van der Waals surface area contributed by atoms with Gasteiger partial charge in [-0.2, -0.15) is 0 Å². The van der Waals surface area contributed by atoms with Gasteiger partial charge in [-0.3, -0.25) is 4.79 Å². The van der Waals surface area contributed by atoms with Crippen LogP contribution in [0.25, 0.3) is 11.5 Å². The summed E-state index contributed by atoms with van der Waals surface area (Å²) < 4.78 is 5.83. The number of amides is 1. The van der Waals surface area contributed by atoms with Gasteiger partial charge in [0.2, 0.25) is 11.8 Å². The maximum absolute atomic E-state index is 13.2. The first kappa shape index (κ1) is 19.9. The Morgan fingerprint density at radius 1 is 0.933 bits per heavy atom. The van der Waals surface area contributed by atoms with Crippen molar-refractivity contribution < 1.29 is 9.21 Å². The van der Waals surface area contributed by atoms with Crippen molar-refractivity contribution in [3.63, 3.8) is 0 Å². The number of hydrogen-bond donors (Lipinski definition) is 1. The first-order valence-corrected chi connectivity index (χ1v) is 10.5. The van der Waals surface area contributed by atoms with E-state index in [4.69, 9.17) is 4.42 Å². The van der Waals surface area contributed by atoms with Crippen molar-refractivity contribution in [2.75, 3.05) is 5.32 Å². The third-order valence-corrected chi connectivity index (χ3v) is 5.73. The molecule has 0 saturated carbocycles. The maximum atomic E-state index is 13.2. The lowest BCUT2D eigenvalue weighted by Gasteiger charge is -2.16. The van der Waals surface area contributed by atoms with Crippen molar-refractivity contribution in [1.82, 2.24) is 10.2 Å². The van der Waals surface area contributed by atoms with Crippen LogP contribution >= 0.6 is 11.8 Å². The number of nitrogens with zero attached hydrogens (tertiary/aromatic N) is 2. The van der Waals surface area contributed by atoms with E-state index in [9.17, 15) is 4.79 Å². The average molecular weight is 416 g/mol. The van der Waals surface area contributed by atoms with Gasteiger partial charge in [-0.25, -0.2) is 0 Å². The number of nitrogens with one attached hydrogen (secondary N) is 1. The zero-order valence-electron chi connectivity index (χ0n) is 16.7. The van der Waals surface area contributed by atoms with E-state index in [1.807, 2.05) is 92.7 Å². The van der Waals surface area contributed by atoms with Crippen LogP contribution < -0.4 is 5.32 Å². The molecular weight excluding hydrogens is 394 g/mol. The van der Waals surface area contributed by atoms with Gasteiger partial charge in [-0.05, 0) is 60.5 Å². The van der Waals surface area contributed by atoms with E-state index in [0.29, 0.717) is 11.1 Å². The molecule has 4 rings (SSSR count). The Morgan fingerprint density at radius 3 is 2.37 bits per heavy atom. The molecule has 0 fully saturated rings. The second-order valence-corrected chi connectivity index (χ2v) is 8.01. The highest BCUT2D eigenvalue weighted by Crippen LogP contribution is 2.36. The second-order valence-electron chi connectivity index (χ2n) is 6.96. The Balaban J connectivity index is 1.60. The topological polar surface area (TPSA) is 68.0 Å². The Kier molecular flexibility index (Phi) is 5.95. The first-order valence-electron chi connectivity index (χ1n) is 9.59. The number of hydrogen-bond acceptors (Lipinski definition) is 5. The minimum Gasteiger partial charge on any atom is -0.411 e. The van der Waals surface area contributed by atoms with E-state index in [-0.39, 0.29) is 5.91 Å². The number of thioether (sulfide) groups is 1. The van der Waals surface area contributed by atoms with Crippen molar-refractivity contribution in [2.24, 2.45) is 0 Å². The van der Waals surface area contributed by atoms with Crippen LogP contribution in [0.1, 0.15) is 21.9 Å². The first-order chi connectivity index (χ1) is 14.6. The molecule has 5 nitrogen and oxygen atoms in total. The lowest BCUT2D eigenvalue weighted by atomic mass is 10.1. The predicted octanol–water partition coefficient (Wildman–Crippen LogP) is 5.83. The number of carbonyl (C=O) groups is 1. The van der Waals surface area contributed by atoms with E-state index >= 15 is 0 Å². The quantitative estimate of drug-likeness (QED) is 0.402. The van der Waals surface area contributed by atoms with Gasteiger partial charge in [-0.15, -0.1) is 10.2 Å². The lowest BCUT2D eigenvalue weighted by molar-refractivity contribution is -0.115.